The van der Waals surface area contributed by atoms with Crippen LogP contribution in [0.1, 0.15) is 66.6 Å². The molecule has 1 aliphatic carbocycles. The van der Waals surface area contributed by atoms with E-state index < -0.39 is 0 Å². The van der Waals surface area contributed by atoms with Gasteiger partial charge < -0.3 is 20.6 Å². The maximum Gasteiger partial charge on any atom is 0.156 e. The number of amidine groups is 1. The summed E-state index contributed by atoms with van der Waals surface area (Å²) in [6.07, 6.45) is 8.75. The Morgan fingerprint density at radius 3 is 2.63 bits per heavy atom. The van der Waals surface area contributed by atoms with Crippen molar-refractivity contribution in [2.24, 2.45) is 23.2 Å². The molecule has 10 nitrogen and oxygen atoms in total. The van der Waals surface area contributed by atoms with Crippen LogP contribution in [0.5, 0.6) is 0 Å². The van der Waals surface area contributed by atoms with Crippen LogP contribution in [0.15, 0.2) is 53.8 Å². The summed E-state index contributed by atoms with van der Waals surface area (Å²) in [7, 11) is 1.92. The largest absolute Gasteiger partial charge is 0.390 e. The zero-order valence-corrected chi connectivity index (χ0v) is 23.9. The van der Waals surface area contributed by atoms with Crippen LogP contribution in [0.3, 0.4) is 0 Å². The van der Waals surface area contributed by atoms with Gasteiger partial charge in [0.1, 0.15) is 11.4 Å². The molecule has 1 aromatic carbocycles. The number of nitrogens with two attached hydrogens (primary N) is 1. The minimum atomic E-state index is -0.165. The number of hydrogen-bond donors (Lipinski definition) is 2. The summed E-state index contributed by atoms with van der Waals surface area (Å²) in [6, 6.07) is 12.9. The molecule has 0 unspecified atom stereocenters. The van der Waals surface area contributed by atoms with Crippen molar-refractivity contribution in [1.82, 2.24) is 24.7 Å². The maximum absolute atomic E-state index is 10.4. The van der Waals surface area contributed by atoms with Crippen LogP contribution in [0.25, 0.3) is 11.3 Å². The average Bonchev–Trinajstić information content (AvgIpc) is 3.72. The van der Waals surface area contributed by atoms with Gasteiger partial charge in [-0.1, -0.05) is 31.7 Å². The lowest BCUT2D eigenvalue weighted by Gasteiger charge is -2.43. The number of pyridine rings is 1. The van der Waals surface area contributed by atoms with E-state index in [9.17, 15) is 5.11 Å². The zero-order chi connectivity index (χ0) is 28.4. The molecule has 1 saturated heterocycles. The number of aliphatic hydroxyl groups is 1. The van der Waals surface area contributed by atoms with E-state index in [2.05, 4.69) is 51.3 Å². The molecule has 4 aromatic rings. The van der Waals surface area contributed by atoms with Crippen molar-refractivity contribution >= 4 is 17.3 Å². The third-order valence-corrected chi connectivity index (χ3v) is 9.70. The van der Waals surface area contributed by atoms with Crippen LogP contribution >= 0.6 is 0 Å². The summed E-state index contributed by atoms with van der Waals surface area (Å²) in [6.45, 7) is 2.86. The molecule has 8 rings (SSSR count). The van der Waals surface area contributed by atoms with E-state index in [0.717, 1.165) is 97.4 Å². The zero-order valence-electron chi connectivity index (χ0n) is 23.9. The SMILES string of the molecule is C.Cn1cc(-c2ccc3c(n2)CCCN3C2=NCc3nc(N4CCC5(CC4)Cc4ccccc4[C@H]5N)c(CO)nc32)cn1. The van der Waals surface area contributed by atoms with Crippen LogP contribution in [0.2, 0.25) is 0 Å². The van der Waals surface area contributed by atoms with Gasteiger partial charge in [0.05, 0.1) is 42.1 Å². The summed E-state index contributed by atoms with van der Waals surface area (Å²) < 4.78 is 1.79. The number of aromatic nitrogens is 5. The lowest BCUT2D eigenvalue weighted by Crippen LogP contribution is -2.45. The van der Waals surface area contributed by atoms with Gasteiger partial charge in [-0.2, -0.15) is 5.10 Å². The van der Waals surface area contributed by atoms with Crippen molar-refractivity contribution in [2.75, 3.05) is 29.4 Å². The smallest absolute Gasteiger partial charge is 0.156 e. The van der Waals surface area contributed by atoms with Gasteiger partial charge in [-0.15, -0.1) is 0 Å². The highest BCUT2D eigenvalue weighted by Crippen LogP contribution is 2.51. The highest BCUT2D eigenvalue weighted by Gasteiger charge is 2.46. The fourth-order valence-electron chi connectivity index (χ4n) is 7.43. The molecule has 0 amide bonds. The fourth-order valence-corrected chi connectivity index (χ4v) is 7.43. The van der Waals surface area contributed by atoms with E-state index in [-0.39, 0.29) is 25.5 Å². The summed E-state index contributed by atoms with van der Waals surface area (Å²) >= 11 is 0. The predicted octanol–water partition coefficient (Wildman–Crippen LogP) is 3.96. The van der Waals surface area contributed by atoms with E-state index in [1.165, 1.54) is 11.1 Å². The Labute approximate surface area is 252 Å². The molecule has 3 N–H and O–H groups in total. The average molecular weight is 578 g/mol. The Bertz CT molecular complexity index is 1720. The lowest BCUT2D eigenvalue weighted by atomic mass is 9.73. The van der Waals surface area contributed by atoms with Gasteiger partial charge in [0, 0.05) is 44.5 Å². The van der Waals surface area contributed by atoms with E-state index in [0.29, 0.717) is 12.2 Å². The number of hydrogen-bond acceptors (Lipinski definition) is 9. The second-order valence-corrected chi connectivity index (χ2v) is 12.1. The molecule has 0 radical (unpaired) electrons. The van der Waals surface area contributed by atoms with Gasteiger partial charge in [-0.25, -0.2) is 9.97 Å². The summed E-state index contributed by atoms with van der Waals surface area (Å²) in [4.78, 5) is 24.5. The van der Waals surface area contributed by atoms with Crippen LogP contribution in [0, 0.1) is 5.41 Å². The molecule has 3 aliphatic heterocycles. The number of anilines is 2. The second-order valence-electron chi connectivity index (χ2n) is 12.1. The lowest BCUT2D eigenvalue weighted by molar-refractivity contribution is 0.186. The molecule has 1 spiro atoms. The van der Waals surface area contributed by atoms with Crippen LogP contribution in [-0.4, -0.2) is 55.3 Å². The number of fused-ring (bicyclic) bond motifs is 3. The number of benzene rings is 1. The van der Waals surface area contributed by atoms with Gasteiger partial charge in [0.25, 0.3) is 0 Å². The van der Waals surface area contributed by atoms with Crippen LogP contribution in [-0.2, 0) is 33.0 Å². The first-order valence-corrected chi connectivity index (χ1v) is 14.9. The van der Waals surface area contributed by atoms with Crippen molar-refractivity contribution in [2.45, 2.75) is 58.7 Å². The third kappa shape index (κ3) is 4.42. The molecule has 0 saturated carbocycles. The quantitative estimate of drug-likeness (QED) is 0.375. The number of nitrogens with zero attached hydrogens (tertiary/aromatic N) is 8. The van der Waals surface area contributed by atoms with Gasteiger partial charge in [-0.05, 0) is 60.8 Å². The predicted molar refractivity (Wildman–Crippen MR) is 168 cm³/mol. The number of rotatable bonds is 3. The minimum Gasteiger partial charge on any atom is -0.390 e. The van der Waals surface area contributed by atoms with Crippen molar-refractivity contribution in [3.8, 4) is 11.3 Å². The first-order valence-electron chi connectivity index (χ1n) is 14.9. The Kier molecular flexibility index (Phi) is 6.78. The molecule has 4 aliphatic rings. The van der Waals surface area contributed by atoms with Crippen molar-refractivity contribution in [1.29, 1.82) is 0 Å². The van der Waals surface area contributed by atoms with Gasteiger partial charge >= 0.3 is 0 Å². The van der Waals surface area contributed by atoms with Gasteiger partial charge in [0.2, 0.25) is 0 Å². The molecule has 1 fully saturated rings. The topological polar surface area (TPSA) is 122 Å². The molecular weight excluding hydrogens is 538 g/mol. The third-order valence-electron chi connectivity index (χ3n) is 9.70. The van der Waals surface area contributed by atoms with E-state index in [1.807, 2.05) is 19.4 Å². The molecule has 10 heteroatoms. The van der Waals surface area contributed by atoms with Crippen LogP contribution in [0.4, 0.5) is 11.5 Å². The Hall–Kier alpha value is -4.15. The molecular formula is C33H39N9O. The molecule has 6 heterocycles. The van der Waals surface area contributed by atoms with Crippen molar-refractivity contribution in [3.05, 3.63) is 82.7 Å². The van der Waals surface area contributed by atoms with E-state index in [4.69, 9.17) is 25.7 Å². The van der Waals surface area contributed by atoms with Crippen molar-refractivity contribution in [3.63, 3.8) is 0 Å². The fraction of sp³-hybridized carbons (Fsp3) is 0.424. The standard InChI is InChI=1S/C32H35N9O.CH4/c1-39-18-21(16-35-39)23-8-9-27-24(36-23)7-4-12-41(27)31-28-25(17-34-31)38-30(26(19-42)37-28)40-13-10-32(11-14-40)15-20-5-2-3-6-22(20)29(32)33;/h2-3,5-6,8-9,16,18,29,42H,4,7,10-15,17,19,33H2,1H3;1H4/t29-;/m1./s1. The maximum atomic E-state index is 10.4. The Morgan fingerprint density at radius 2 is 1.86 bits per heavy atom. The van der Waals surface area contributed by atoms with Gasteiger partial charge in [0.15, 0.2) is 11.7 Å². The molecule has 3 aromatic heterocycles. The van der Waals surface area contributed by atoms with E-state index >= 15 is 0 Å². The first kappa shape index (κ1) is 27.7. The monoisotopic (exact) mass is 577 g/mol. The highest BCUT2D eigenvalue weighted by molar-refractivity contribution is 6.11. The van der Waals surface area contributed by atoms with E-state index in [1.54, 1.807) is 4.68 Å². The van der Waals surface area contributed by atoms with Gasteiger partial charge in [-0.3, -0.25) is 14.7 Å². The molecule has 0 bridgehead atoms. The normalized spacial score (nSPS) is 20.0. The summed E-state index contributed by atoms with van der Waals surface area (Å²) in [5.41, 5.74) is 15.9. The summed E-state index contributed by atoms with van der Waals surface area (Å²) in [5, 5.41) is 14.7. The Balaban J connectivity index is 0.00000300. The highest BCUT2D eigenvalue weighted by atomic mass is 16.3. The second kappa shape index (κ2) is 10.5. The molecule has 43 heavy (non-hydrogen) atoms. The molecule has 222 valence electrons. The Morgan fingerprint density at radius 1 is 1.02 bits per heavy atom. The minimum absolute atomic E-state index is 0. The number of aryl methyl sites for hydroxylation is 2. The number of aliphatic imine (C=N–C) groups is 1. The molecule has 1 atom stereocenters. The van der Waals surface area contributed by atoms with Crippen molar-refractivity contribution < 1.29 is 5.11 Å². The number of piperidine rings is 1. The first-order chi connectivity index (χ1) is 20.5. The number of aliphatic hydroxyl groups excluding tert-OH is 1. The van der Waals surface area contributed by atoms with Crippen LogP contribution < -0.4 is 15.5 Å². The summed E-state index contributed by atoms with van der Waals surface area (Å²) in [5.74, 6) is 1.61.